The molecule has 1 N–H and O–H groups in total. The van der Waals surface area contributed by atoms with Crippen LogP contribution in [-0.2, 0) is 11.3 Å². The quantitative estimate of drug-likeness (QED) is 0.940. The molecule has 5 nitrogen and oxygen atoms in total. The SMILES string of the molecule is CCCn1c(=O)oc2cc(C(O)C3CCCCO3)ccc21. The van der Waals surface area contributed by atoms with Crippen molar-refractivity contribution in [2.75, 3.05) is 6.61 Å². The van der Waals surface area contributed by atoms with E-state index in [1.54, 1.807) is 10.6 Å². The third-order valence-corrected chi connectivity index (χ3v) is 4.05. The number of aliphatic hydroxyl groups excluding tert-OH is 1. The molecule has 21 heavy (non-hydrogen) atoms. The number of fused-ring (bicyclic) bond motifs is 1. The van der Waals surface area contributed by atoms with E-state index in [1.165, 1.54) is 0 Å². The Morgan fingerprint density at radius 1 is 1.43 bits per heavy atom. The van der Waals surface area contributed by atoms with Gasteiger partial charge in [-0.2, -0.15) is 0 Å². The predicted octanol–water partition coefficient (Wildman–Crippen LogP) is 2.61. The molecule has 3 rings (SSSR count). The summed E-state index contributed by atoms with van der Waals surface area (Å²) >= 11 is 0. The second-order valence-corrected chi connectivity index (χ2v) is 5.60. The first kappa shape index (κ1) is 14.4. The largest absolute Gasteiger partial charge is 0.419 e. The topological polar surface area (TPSA) is 64.6 Å². The van der Waals surface area contributed by atoms with Crippen molar-refractivity contribution in [1.82, 2.24) is 4.57 Å². The molecule has 5 heteroatoms. The van der Waals surface area contributed by atoms with Gasteiger partial charge >= 0.3 is 5.76 Å². The molecule has 1 fully saturated rings. The molecular weight excluding hydrogens is 270 g/mol. The summed E-state index contributed by atoms with van der Waals surface area (Å²) < 4.78 is 12.5. The van der Waals surface area contributed by atoms with Gasteiger partial charge in [0, 0.05) is 13.2 Å². The van der Waals surface area contributed by atoms with E-state index >= 15 is 0 Å². The Kier molecular flexibility index (Phi) is 4.12. The van der Waals surface area contributed by atoms with Crippen LogP contribution in [0.25, 0.3) is 11.1 Å². The molecule has 0 radical (unpaired) electrons. The monoisotopic (exact) mass is 291 g/mol. The van der Waals surface area contributed by atoms with Crippen LogP contribution in [0.5, 0.6) is 0 Å². The summed E-state index contributed by atoms with van der Waals surface area (Å²) in [4.78, 5) is 11.8. The summed E-state index contributed by atoms with van der Waals surface area (Å²) in [5, 5.41) is 10.4. The number of aliphatic hydroxyl groups is 1. The molecule has 2 aromatic rings. The zero-order valence-corrected chi connectivity index (χ0v) is 12.2. The molecule has 0 bridgehead atoms. The number of oxazole rings is 1. The van der Waals surface area contributed by atoms with E-state index in [4.69, 9.17) is 9.15 Å². The van der Waals surface area contributed by atoms with Crippen molar-refractivity contribution in [3.63, 3.8) is 0 Å². The predicted molar refractivity (Wildman–Crippen MR) is 79.3 cm³/mol. The van der Waals surface area contributed by atoms with E-state index < -0.39 is 6.10 Å². The number of nitrogens with zero attached hydrogens (tertiary/aromatic N) is 1. The lowest BCUT2D eigenvalue weighted by Gasteiger charge is -2.27. The Hall–Kier alpha value is -1.59. The summed E-state index contributed by atoms with van der Waals surface area (Å²) in [5.41, 5.74) is 2.05. The second kappa shape index (κ2) is 6.03. The average Bonchev–Trinajstić information content (AvgIpc) is 2.83. The molecule has 0 aliphatic carbocycles. The van der Waals surface area contributed by atoms with Crippen LogP contribution in [0, 0.1) is 0 Å². The molecule has 0 saturated carbocycles. The Labute approximate surface area is 123 Å². The summed E-state index contributed by atoms with van der Waals surface area (Å²) in [5.74, 6) is -0.340. The molecule has 114 valence electrons. The Bertz CT molecular complexity index is 666. The van der Waals surface area contributed by atoms with Crippen molar-refractivity contribution < 1.29 is 14.3 Å². The van der Waals surface area contributed by atoms with E-state index in [2.05, 4.69) is 0 Å². The minimum atomic E-state index is -0.672. The van der Waals surface area contributed by atoms with E-state index in [9.17, 15) is 9.90 Å². The Balaban J connectivity index is 1.92. The van der Waals surface area contributed by atoms with E-state index in [0.717, 1.165) is 36.8 Å². The van der Waals surface area contributed by atoms with Crippen molar-refractivity contribution in [3.05, 3.63) is 34.3 Å². The van der Waals surface area contributed by atoms with Crippen LogP contribution in [0.4, 0.5) is 0 Å². The van der Waals surface area contributed by atoms with Crippen molar-refractivity contribution in [2.24, 2.45) is 0 Å². The summed E-state index contributed by atoms with van der Waals surface area (Å²) in [6, 6.07) is 5.45. The number of ether oxygens (including phenoxy) is 1. The first-order valence-corrected chi connectivity index (χ1v) is 7.63. The highest BCUT2D eigenvalue weighted by atomic mass is 16.5. The van der Waals surface area contributed by atoms with Crippen molar-refractivity contribution >= 4 is 11.1 Å². The lowest BCUT2D eigenvalue weighted by molar-refractivity contribution is -0.0633. The minimum absolute atomic E-state index is 0.166. The first-order valence-electron chi connectivity index (χ1n) is 7.63. The van der Waals surface area contributed by atoms with Gasteiger partial charge in [0.25, 0.3) is 0 Å². The number of hydrogen-bond acceptors (Lipinski definition) is 4. The molecule has 1 aliphatic heterocycles. The van der Waals surface area contributed by atoms with Crippen LogP contribution in [0.15, 0.2) is 27.4 Å². The van der Waals surface area contributed by atoms with Crippen molar-refractivity contribution in [1.29, 1.82) is 0 Å². The Morgan fingerprint density at radius 3 is 3.00 bits per heavy atom. The Morgan fingerprint density at radius 2 is 2.29 bits per heavy atom. The van der Waals surface area contributed by atoms with E-state index in [1.807, 2.05) is 19.1 Å². The van der Waals surface area contributed by atoms with E-state index in [0.29, 0.717) is 18.7 Å². The normalized spacial score (nSPS) is 20.8. The number of benzene rings is 1. The van der Waals surface area contributed by atoms with Gasteiger partial charge in [-0.25, -0.2) is 4.79 Å². The van der Waals surface area contributed by atoms with Gasteiger partial charge in [-0.1, -0.05) is 13.0 Å². The summed E-state index contributed by atoms with van der Waals surface area (Å²) in [6.07, 6.45) is 3.02. The van der Waals surface area contributed by atoms with Gasteiger partial charge in [0.05, 0.1) is 11.6 Å². The van der Waals surface area contributed by atoms with Gasteiger partial charge in [0.2, 0.25) is 0 Å². The van der Waals surface area contributed by atoms with Gasteiger partial charge in [0.1, 0.15) is 6.10 Å². The lowest BCUT2D eigenvalue weighted by atomic mass is 9.98. The molecule has 1 aromatic heterocycles. The van der Waals surface area contributed by atoms with Crippen LogP contribution in [0.2, 0.25) is 0 Å². The lowest BCUT2D eigenvalue weighted by Crippen LogP contribution is -2.26. The zero-order valence-electron chi connectivity index (χ0n) is 12.2. The van der Waals surface area contributed by atoms with Crippen molar-refractivity contribution in [3.8, 4) is 0 Å². The molecule has 2 atom stereocenters. The van der Waals surface area contributed by atoms with Crippen molar-refractivity contribution in [2.45, 2.75) is 51.4 Å². The summed E-state index contributed by atoms with van der Waals surface area (Å²) in [6.45, 7) is 3.36. The van der Waals surface area contributed by atoms with Crippen LogP contribution >= 0.6 is 0 Å². The molecule has 2 heterocycles. The maximum absolute atomic E-state index is 11.8. The number of hydrogen-bond donors (Lipinski definition) is 1. The van der Waals surface area contributed by atoms with Gasteiger partial charge in [-0.05, 0) is 43.4 Å². The fourth-order valence-corrected chi connectivity index (χ4v) is 2.93. The molecule has 1 saturated heterocycles. The van der Waals surface area contributed by atoms with Crippen LogP contribution in [-0.4, -0.2) is 22.4 Å². The highest BCUT2D eigenvalue weighted by Gasteiger charge is 2.24. The average molecular weight is 291 g/mol. The van der Waals surface area contributed by atoms with E-state index in [-0.39, 0.29) is 11.9 Å². The highest BCUT2D eigenvalue weighted by molar-refractivity contribution is 5.73. The van der Waals surface area contributed by atoms with Gasteiger partial charge in [-0.15, -0.1) is 0 Å². The highest BCUT2D eigenvalue weighted by Crippen LogP contribution is 2.28. The van der Waals surface area contributed by atoms with Crippen LogP contribution in [0.1, 0.15) is 44.3 Å². The maximum atomic E-state index is 11.8. The molecule has 0 amide bonds. The minimum Gasteiger partial charge on any atom is -0.408 e. The number of aryl methyl sites for hydroxylation is 1. The number of rotatable bonds is 4. The number of aromatic nitrogens is 1. The van der Waals surface area contributed by atoms with Gasteiger partial charge in [0.15, 0.2) is 5.58 Å². The van der Waals surface area contributed by atoms with Gasteiger partial charge < -0.3 is 14.3 Å². The fraction of sp³-hybridized carbons (Fsp3) is 0.562. The zero-order chi connectivity index (χ0) is 14.8. The maximum Gasteiger partial charge on any atom is 0.419 e. The summed E-state index contributed by atoms with van der Waals surface area (Å²) in [7, 11) is 0. The molecular formula is C16H21NO4. The third kappa shape index (κ3) is 2.76. The van der Waals surface area contributed by atoms with Gasteiger partial charge in [-0.3, -0.25) is 4.57 Å². The molecule has 1 aliphatic rings. The molecule has 0 spiro atoms. The van der Waals surface area contributed by atoms with Crippen LogP contribution in [0.3, 0.4) is 0 Å². The smallest absolute Gasteiger partial charge is 0.408 e. The third-order valence-electron chi connectivity index (χ3n) is 4.05. The second-order valence-electron chi connectivity index (χ2n) is 5.60. The fourth-order valence-electron chi connectivity index (χ4n) is 2.93. The molecule has 2 unspecified atom stereocenters. The standard InChI is InChI=1S/C16H21NO4/c1-2-8-17-12-7-6-11(10-14(12)21-16(17)19)15(18)13-5-3-4-9-20-13/h6-7,10,13,15,18H,2-5,8-9H2,1H3. The van der Waals surface area contributed by atoms with Crippen LogP contribution < -0.4 is 5.76 Å². The molecule has 1 aromatic carbocycles. The first-order chi connectivity index (χ1) is 10.2.